The molecule has 3 aliphatic rings. The number of benzene rings is 1. The van der Waals surface area contributed by atoms with E-state index < -0.39 is 0 Å². The van der Waals surface area contributed by atoms with Crippen molar-refractivity contribution in [3.05, 3.63) is 29.8 Å². The molecule has 0 saturated heterocycles. The van der Waals surface area contributed by atoms with E-state index in [4.69, 9.17) is 4.74 Å². The van der Waals surface area contributed by atoms with Gasteiger partial charge in [-0.05, 0) is 61.5 Å². The largest absolute Gasteiger partial charge is 0.493 e. The van der Waals surface area contributed by atoms with E-state index >= 15 is 0 Å². The lowest BCUT2D eigenvalue weighted by Crippen LogP contribution is -2.28. The van der Waals surface area contributed by atoms with Crippen LogP contribution in [0.5, 0.6) is 5.75 Å². The molecule has 20 heavy (non-hydrogen) atoms. The summed E-state index contributed by atoms with van der Waals surface area (Å²) in [5.41, 5.74) is 1.22. The Morgan fingerprint density at radius 2 is 2.05 bits per heavy atom. The van der Waals surface area contributed by atoms with E-state index in [0.29, 0.717) is 0 Å². The second-order valence-electron chi connectivity index (χ2n) is 7.02. The van der Waals surface area contributed by atoms with Crippen LogP contribution in [0.1, 0.15) is 50.0 Å². The van der Waals surface area contributed by atoms with E-state index in [2.05, 4.69) is 12.1 Å². The van der Waals surface area contributed by atoms with Gasteiger partial charge in [-0.1, -0.05) is 24.6 Å². The molecule has 2 heteroatoms. The molecule has 0 amide bonds. The molecule has 0 radical (unpaired) electrons. The van der Waals surface area contributed by atoms with E-state index in [1.165, 1.54) is 31.2 Å². The molecule has 2 fully saturated rings. The van der Waals surface area contributed by atoms with Gasteiger partial charge in [0.2, 0.25) is 0 Å². The second kappa shape index (κ2) is 5.07. The first-order valence-electron chi connectivity index (χ1n) is 8.21. The van der Waals surface area contributed by atoms with Crippen molar-refractivity contribution in [2.75, 3.05) is 6.61 Å². The van der Waals surface area contributed by atoms with Crippen molar-refractivity contribution in [2.45, 2.75) is 50.5 Å². The summed E-state index contributed by atoms with van der Waals surface area (Å²) in [5.74, 6) is 3.91. The van der Waals surface area contributed by atoms with Gasteiger partial charge in [0.25, 0.3) is 0 Å². The highest BCUT2D eigenvalue weighted by Gasteiger charge is 2.41. The fraction of sp³-hybridized carbons (Fsp3) is 0.667. The minimum Gasteiger partial charge on any atom is -0.493 e. The number of fused-ring (bicyclic) bond motifs is 3. The fourth-order valence-electron chi connectivity index (χ4n) is 4.91. The monoisotopic (exact) mass is 272 g/mol. The summed E-state index contributed by atoms with van der Waals surface area (Å²) < 4.78 is 5.71. The molecule has 1 N–H and O–H groups in total. The second-order valence-corrected chi connectivity index (χ2v) is 7.02. The highest BCUT2D eigenvalue weighted by molar-refractivity contribution is 5.38. The van der Waals surface area contributed by atoms with Crippen molar-refractivity contribution < 1.29 is 9.84 Å². The van der Waals surface area contributed by atoms with Gasteiger partial charge in [-0.3, -0.25) is 0 Å². The van der Waals surface area contributed by atoms with Gasteiger partial charge in [0.1, 0.15) is 5.75 Å². The number of aliphatic hydroxyl groups excluding tert-OH is 1. The number of hydrogen-bond acceptors (Lipinski definition) is 2. The van der Waals surface area contributed by atoms with E-state index in [1.807, 2.05) is 12.1 Å². The van der Waals surface area contributed by atoms with E-state index in [1.54, 1.807) is 0 Å². The lowest BCUT2D eigenvalue weighted by Gasteiger charge is -2.32. The molecule has 1 aromatic carbocycles. The van der Waals surface area contributed by atoms with Gasteiger partial charge in [0.05, 0.1) is 12.7 Å². The Balaban J connectivity index is 1.48. The van der Waals surface area contributed by atoms with Crippen molar-refractivity contribution in [3.8, 4) is 5.75 Å². The van der Waals surface area contributed by atoms with Crippen LogP contribution in [0.15, 0.2) is 24.3 Å². The van der Waals surface area contributed by atoms with E-state index in [0.717, 1.165) is 43.0 Å². The van der Waals surface area contributed by atoms with Crippen LogP contribution in [0.3, 0.4) is 0 Å². The first kappa shape index (κ1) is 12.7. The van der Waals surface area contributed by atoms with Gasteiger partial charge in [-0.15, -0.1) is 0 Å². The summed E-state index contributed by atoms with van der Waals surface area (Å²) >= 11 is 0. The van der Waals surface area contributed by atoms with Gasteiger partial charge < -0.3 is 9.84 Å². The lowest BCUT2D eigenvalue weighted by molar-refractivity contribution is 0.0814. The molecule has 1 heterocycles. The predicted octanol–water partition coefficient (Wildman–Crippen LogP) is 3.74. The minimum atomic E-state index is -0.190. The highest BCUT2D eigenvalue weighted by Crippen LogP contribution is 2.51. The Morgan fingerprint density at radius 1 is 1.15 bits per heavy atom. The molecule has 108 valence electrons. The average Bonchev–Trinajstić information content (AvgIpc) is 3.09. The van der Waals surface area contributed by atoms with Crippen molar-refractivity contribution in [2.24, 2.45) is 17.8 Å². The van der Waals surface area contributed by atoms with Crippen LogP contribution in [0, 0.1) is 17.8 Å². The molecule has 1 aromatic rings. The van der Waals surface area contributed by atoms with E-state index in [-0.39, 0.29) is 12.0 Å². The van der Waals surface area contributed by atoms with Crippen LogP contribution in [-0.4, -0.2) is 17.8 Å². The highest BCUT2D eigenvalue weighted by atomic mass is 16.5. The van der Waals surface area contributed by atoms with Gasteiger partial charge in [0, 0.05) is 5.92 Å². The molecule has 2 nitrogen and oxygen atoms in total. The van der Waals surface area contributed by atoms with Crippen LogP contribution in [0.25, 0.3) is 0 Å². The van der Waals surface area contributed by atoms with Gasteiger partial charge >= 0.3 is 0 Å². The van der Waals surface area contributed by atoms with Crippen LogP contribution >= 0.6 is 0 Å². The molecule has 0 aromatic heterocycles. The maximum Gasteiger partial charge on any atom is 0.122 e. The Kier molecular flexibility index (Phi) is 3.22. The standard InChI is InChI=1S/C18H24O2/c19-17(11-14-10-12-5-6-13(14)9-12)15-7-8-20-18-4-2-1-3-16(15)18/h1-4,12-15,17,19H,5-11H2. The summed E-state index contributed by atoms with van der Waals surface area (Å²) in [7, 11) is 0. The van der Waals surface area contributed by atoms with Crippen molar-refractivity contribution in [1.82, 2.24) is 0 Å². The number of ether oxygens (including phenoxy) is 1. The summed E-state index contributed by atoms with van der Waals surface area (Å²) in [6.45, 7) is 0.745. The third-order valence-electron chi connectivity index (χ3n) is 5.90. The van der Waals surface area contributed by atoms with Crippen LogP contribution in [-0.2, 0) is 0 Å². The van der Waals surface area contributed by atoms with Gasteiger partial charge in [-0.25, -0.2) is 0 Å². The first-order chi connectivity index (χ1) is 9.81. The van der Waals surface area contributed by atoms with Gasteiger partial charge in [-0.2, -0.15) is 0 Å². The zero-order chi connectivity index (χ0) is 13.5. The molecule has 4 rings (SSSR count). The molecule has 5 atom stereocenters. The van der Waals surface area contributed by atoms with E-state index in [9.17, 15) is 5.11 Å². The molecule has 5 unspecified atom stereocenters. The number of aliphatic hydroxyl groups is 1. The van der Waals surface area contributed by atoms with Crippen molar-refractivity contribution in [1.29, 1.82) is 0 Å². The van der Waals surface area contributed by atoms with Crippen LogP contribution in [0.2, 0.25) is 0 Å². The Morgan fingerprint density at radius 3 is 2.85 bits per heavy atom. The Labute approximate surface area is 121 Å². The molecule has 2 aliphatic carbocycles. The van der Waals surface area contributed by atoms with Crippen molar-refractivity contribution in [3.63, 3.8) is 0 Å². The van der Waals surface area contributed by atoms with Crippen molar-refractivity contribution >= 4 is 0 Å². The Bertz CT molecular complexity index is 484. The van der Waals surface area contributed by atoms with Crippen LogP contribution < -0.4 is 4.74 Å². The summed E-state index contributed by atoms with van der Waals surface area (Å²) in [6, 6.07) is 8.24. The predicted molar refractivity (Wildman–Crippen MR) is 78.9 cm³/mol. The smallest absolute Gasteiger partial charge is 0.122 e. The number of hydrogen-bond donors (Lipinski definition) is 1. The fourth-order valence-corrected chi connectivity index (χ4v) is 4.91. The average molecular weight is 272 g/mol. The summed E-state index contributed by atoms with van der Waals surface area (Å²) in [4.78, 5) is 0. The molecular weight excluding hydrogens is 248 g/mol. The summed E-state index contributed by atoms with van der Waals surface area (Å²) in [5, 5.41) is 10.8. The molecule has 2 bridgehead atoms. The number of rotatable bonds is 3. The maximum absolute atomic E-state index is 10.8. The quantitative estimate of drug-likeness (QED) is 0.908. The normalized spacial score (nSPS) is 36.5. The third-order valence-corrected chi connectivity index (χ3v) is 5.90. The SMILES string of the molecule is OC(CC1CC2CCC1C2)C1CCOc2ccccc21. The minimum absolute atomic E-state index is 0.190. The third kappa shape index (κ3) is 2.14. The zero-order valence-electron chi connectivity index (χ0n) is 12.0. The van der Waals surface area contributed by atoms with Gasteiger partial charge in [0.15, 0.2) is 0 Å². The Hall–Kier alpha value is -1.02. The zero-order valence-corrected chi connectivity index (χ0v) is 12.0. The number of para-hydroxylation sites is 1. The molecule has 0 spiro atoms. The lowest BCUT2D eigenvalue weighted by atomic mass is 9.79. The molecular formula is C18H24O2. The molecule has 2 saturated carbocycles. The van der Waals surface area contributed by atoms with Crippen LogP contribution in [0.4, 0.5) is 0 Å². The summed E-state index contributed by atoms with van der Waals surface area (Å²) in [6.07, 6.45) is 7.42. The first-order valence-corrected chi connectivity index (χ1v) is 8.21. The maximum atomic E-state index is 10.8. The molecule has 1 aliphatic heterocycles. The topological polar surface area (TPSA) is 29.5 Å².